The van der Waals surface area contributed by atoms with Gasteiger partial charge in [-0.2, -0.15) is 0 Å². The molecule has 0 saturated carbocycles. The number of aliphatic imine (C=N–C) groups is 1. The Morgan fingerprint density at radius 1 is 1.20 bits per heavy atom. The van der Waals surface area contributed by atoms with Crippen LogP contribution in [0.2, 0.25) is 0 Å². The molecule has 6 unspecified atom stereocenters. The lowest BCUT2D eigenvalue weighted by molar-refractivity contribution is -0.141. The summed E-state index contributed by atoms with van der Waals surface area (Å²) in [4.78, 5) is 58.5. The summed E-state index contributed by atoms with van der Waals surface area (Å²) in [5.41, 5.74) is 12.9. The number of methoxy groups -OCH3 is 1. The molecule has 2 saturated heterocycles. The van der Waals surface area contributed by atoms with Crippen molar-refractivity contribution < 1.29 is 38.5 Å². The lowest BCUT2D eigenvalue weighted by Gasteiger charge is -2.56. The lowest BCUT2D eigenvalue weighted by atomic mass is 9.53. The van der Waals surface area contributed by atoms with Crippen LogP contribution in [0.15, 0.2) is 29.0 Å². The quantitative estimate of drug-likeness (QED) is 0.0908. The first-order valence-electron chi connectivity index (χ1n) is 17.1. The van der Waals surface area contributed by atoms with Crippen molar-refractivity contribution in [3.8, 4) is 11.5 Å². The number of hydrogen-bond acceptors (Lipinski definition) is 9. The second-order valence-electron chi connectivity index (χ2n) is 13.7. The molecular weight excluding hydrogens is 634 g/mol. The van der Waals surface area contributed by atoms with Crippen LogP contribution < -0.4 is 31.6 Å². The number of aliphatic carboxylic acids is 1. The van der Waals surface area contributed by atoms with Crippen LogP contribution in [0.25, 0.3) is 0 Å². The summed E-state index contributed by atoms with van der Waals surface area (Å²) in [5, 5.41) is 14.4. The first-order valence-corrected chi connectivity index (χ1v) is 17.1. The second-order valence-corrected chi connectivity index (χ2v) is 13.7. The van der Waals surface area contributed by atoms with Gasteiger partial charge in [0.15, 0.2) is 23.6 Å². The monoisotopic (exact) mass is 681 g/mol. The number of amides is 3. The van der Waals surface area contributed by atoms with Gasteiger partial charge in [-0.3, -0.25) is 19.4 Å². The minimum Gasteiger partial charge on any atom is -0.493 e. The van der Waals surface area contributed by atoms with Crippen LogP contribution in [-0.2, 0) is 31.0 Å². The van der Waals surface area contributed by atoms with Crippen LogP contribution in [0, 0.1) is 5.92 Å². The van der Waals surface area contributed by atoms with Crippen LogP contribution in [0.3, 0.4) is 0 Å². The van der Waals surface area contributed by atoms with Crippen molar-refractivity contribution in [3.05, 3.63) is 35.1 Å². The number of piperidine rings is 2. The van der Waals surface area contributed by atoms with Crippen LogP contribution in [0.1, 0.15) is 62.5 Å². The van der Waals surface area contributed by atoms with Gasteiger partial charge in [-0.05, 0) is 88.6 Å². The molecule has 1 aromatic carbocycles. The van der Waals surface area contributed by atoms with E-state index >= 15 is 0 Å². The van der Waals surface area contributed by atoms with Crippen molar-refractivity contribution in [1.82, 2.24) is 20.4 Å². The number of nitrogens with one attached hydrogen (secondary N) is 2. The number of carboxylic acids is 1. The minimum atomic E-state index is -1.30. The molecule has 3 heterocycles. The maximum Gasteiger partial charge on any atom is 0.415 e. The third-order valence-corrected chi connectivity index (χ3v) is 10.9. The molecule has 2 bridgehead atoms. The zero-order chi connectivity index (χ0) is 34.9. The van der Waals surface area contributed by atoms with Crippen molar-refractivity contribution in [2.45, 2.75) is 87.4 Å². The number of nitrogens with zero attached hydrogens (tertiary/aromatic N) is 3. The standard InChI is InChI=1S/C34H47N7O8/c1-40-15-12-34-21-9-11-25(30(34)49-29-24(47-2)10-8-19(28(29)34)16-23(21)40)48-33(46)41-14-4-3-6-20(41)18-38-31(45)22(7-5-13-37-32(35)36)39-26(42)17-27(43)44/h8,10-11,20-23,30H,3-7,9,12-18H2,1-2H3,(H,38,45)(H,39,42)(H,43,44)(H4,35,36,37). The molecule has 7 N–H and O–H groups in total. The molecule has 1 aromatic rings. The smallest absolute Gasteiger partial charge is 0.415 e. The number of hydrogen-bond donors (Lipinski definition) is 5. The molecule has 1 spiro atoms. The Morgan fingerprint density at radius 2 is 2.02 bits per heavy atom. The molecule has 3 amide bonds. The van der Waals surface area contributed by atoms with Crippen molar-refractivity contribution in [1.29, 1.82) is 0 Å². The van der Waals surface area contributed by atoms with Crippen LogP contribution in [0.5, 0.6) is 11.5 Å². The maximum absolute atomic E-state index is 13.9. The molecule has 0 radical (unpaired) electrons. The lowest BCUT2D eigenvalue weighted by Crippen LogP contribution is -2.63. The highest BCUT2D eigenvalue weighted by Crippen LogP contribution is 2.63. The summed E-state index contributed by atoms with van der Waals surface area (Å²) < 4.78 is 18.7. The normalized spacial score (nSPS) is 27.1. The summed E-state index contributed by atoms with van der Waals surface area (Å²) >= 11 is 0. The van der Waals surface area contributed by atoms with Gasteiger partial charge in [-0.1, -0.05) is 6.07 Å². The number of carbonyl (C=O) groups is 4. The first kappa shape index (κ1) is 34.3. The van der Waals surface area contributed by atoms with Gasteiger partial charge in [0.05, 0.1) is 13.2 Å². The average molecular weight is 682 g/mol. The molecule has 15 nitrogen and oxygen atoms in total. The number of guanidine groups is 1. The van der Waals surface area contributed by atoms with E-state index in [2.05, 4.69) is 33.6 Å². The fraction of sp³-hybridized carbons (Fsp3) is 0.618. The van der Waals surface area contributed by atoms with E-state index in [-0.39, 0.29) is 36.9 Å². The van der Waals surface area contributed by atoms with Crippen LogP contribution in [0.4, 0.5) is 4.79 Å². The van der Waals surface area contributed by atoms with Crippen LogP contribution in [-0.4, -0.2) is 109 Å². The van der Waals surface area contributed by atoms with E-state index in [9.17, 15) is 19.2 Å². The zero-order valence-corrected chi connectivity index (χ0v) is 28.1. The highest BCUT2D eigenvalue weighted by Gasteiger charge is 2.65. The summed E-state index contributed by atoms with van der Waals surface area (Å²) in [6.07, 6.45) is 5.79. The average Bonchev–Trinajstić information content (AvgIpc) is 3.42. The molecule has 15 heteroatoms. The molecule has 0 aromatic heterocycles. The van der Waals surface area contributed by atoms with Gasteiger partial charge in [-0.25, -0.2) is 4.79 Å². The Bertz CT molecular complexity index is 1540. The van der Waals surface area contributed by atoms with E-state index < -0.39 is 42.4 Å². The van der Waals surface area contributed by atoms with Gasteiger partial charge in [-0.15, -0.1) is 0 Å². The Morgan fingerprint density at radius 3 is 2.78 bits per heavy atom. The number of benzene rings is 1. The van der Waals surface area contributed by atoms with E-state index in [1.54, 1.807) is 12.0 Å². The fourth-order valence-electron chi connectivity index (χ4n) is 8.67. The summed E-state index contributed by atoms with van der Waals surface area (Å²) in [5.74, 6) is -0.387. The second kappa shape index (κ2) is 14.1. The number of allylic oxidation sites excluding steroid dienone is 1. The Kier molecular flexibility index (Phi) is 9.91. The topological polar surface area (TPSA) is 211 Å². The van der Waals surface area contributed by atoms with Gasteiger partial charge in [0.25, 0.3) is 0 Å². The van der Waals surface area contributed by atoms with E-state index in [0.29, 0.717) is 42.9 Å². The fourth-order valence-corrected chi connectivity index (χ4v) is 8.67. The summed E-state index contributed by atoms with van der Waals surface area (Å²) in [6, 6.07) is 3.14. The summed E-state index contributed by atoms with van der Waals surface area (Å²) in [6.45, 7) is 1.76. The van der Waals surface area contributed by atoms with E-state index in [1.807, 2.05) is 12.1 Å². The van der Waals surface area contributed by atoms with E-state index in [4.69, 9.17) is 30.8 Å². The SMILES string of the molecule is COc1ccc2c3c1OC1C(OC(=O)N4CCCCC4CNC(=O)C(CCCN=C(N)N)NC(=O)CC(=O)O)=CCC4C(C2)N(C)CCC314. The van der Waals surface area contributed by atoms with Gasteiger partial charge in [0.2, 0.25) is 11.8 Å². The van der Waals surface area contributed by atoms with Gasteiger partial charge in [0, 0.05) is 36.7 Å². The molecule has 266 valence electrons. The van der Waals surface area contributed by atoms with Gasteiger partial charge in [0.1, 0.15) is 18.2 Å². The molecular formula is C34H47N7O8. The van der Waals surface area contributed by atoms with Crippen molar-refractivity contribution >= 4 is 29.8 Å². The summed E-state index contributed by atoms with van der Waals surface area (Å²) in [7, 11) is 3.83. The molecule has 49 heavy (non-hydrogen) atoms. The molecule has 2 fully saturated rings. The highest BCUT2D eigenvalue weighted by atomic mass is 16.6. The maximum atomic E-state index is 13.9. The largest absolute Gasteiger partial charge is 0.493 e. The number of ether oxygens (including phenoxy) is 3. The molecule has 2 aliphatic carbocycles. The van der Waals surface area contributed by atoms with Gasteiger partial charge < -0.3 is 51.2 Å². The molecule has 5 aliphatic rings. The highest BCUT2D eigenvalue weighted by molar-refractivity contribution is 5.96. The third kappa shape index (κ3) is 6.59. The minimum absolute atomic E-state index is 0.0913. The Hall–Kier alpha value is -4.53. The number of nitrogens with two attached hydrogens (primary N) is 2. The van der Waals surface area contributed by atoms with Crippen molar-refractivity contribution in [2.24, 2.45) is 22.4 Å². The van der Waals surface area contributed by atoms with E-state index in [1.165, 1.54) is 11.1 Å². The zero-order valence-electron chi connectivity index (χ0n) is 28.1. The first-order chi connectivity index (χ1) is 23.5. The van der Waals surface area contributed by atoms with Crippen molar-refractivity contribution in [2.75, 3.05) is 40.3 Å². The Labute approximate surface area is 285 Å². The molecule has 6 rings (SSSR count). The molecule has 6 atom stereocenters. The number of likely N-dealkylation sites (tertiary alicyclic amines) is 2. The number of carbonyl (C=O) groups excluding carboxylic acids is 3. The van der Waals surface area contributed by atoms with Crippen LogP contribution >= 0.6 is 0 Å². The predicted octanol–water partition coefficient (Wildman–Crippen LogP) is 0.978. The molecule has 3 aliphatic heterocycles. The number of likely N-dealkylation sites (N-methyl/N-ethyl adjacent to an activating group) is 1. The van der Waals surface area contributed by atoms with Gasteiger partial charge >= 0.3 is 12.1 Å². The van der Waals surface area contributed by atoms with E-state index in [0.717, 1.165) is 44.4 Å². The third-order valence-electron chi connectivity index (χ3n) is 10.9. The van der Waals surface area contributed by atoms with Crippen molar-refractivity contribution in [3.63, 3.8) is 0 Å². The number of carboxylic acid groups (broad SMARTS) is 1. The number of rotatable bonds is 12. The Balaban J connectivity index is 1.15. The predicted molar refractivity (Wildman–Crippen MR) is 178 cm³/mol.